The van der Waals surface area contributed by atoms with Crippen LogP contribution in [0.25, 0.3) is 0 Å². The maximum Gasteiger partial charge on any atom is 0.269 e. The number of carbonyl (C=O) groups excluding carboxylic acids is 2. The molecule has 1 saturated heterocycles. The fourth-order valence-electron chi connectivity index (χ4n) is 2.89. The van der Waals surface area contributed by atoms with E-state index in [1.807, 2.05) is 17.2 Å². The Hall–Kier alpha value is -2.22. The number of amides is 2. The van der Waals surface area contributed by atoms with E-state index < -0.39 is 5.91 Å². The van der Waals surface area contributed by atoms with E-state index in [2.05, 4.69) is 15.2 Å². The van der Waals surface area contributed by atoms with Gasteiger partial charge < -0.3 is 10.6 Å². The van der Waals surface area contributed by atoms with Gasteiger partial charge in [0.1, 0.15) is 5.69 Å². The molecule has 122 valence electrons. The number of aromatic nitrogens is 3. The van der Waals surface area contributed by atoms with E-state index in [1.165, 1.54) is 0 Å². The van der Waals surface area contributed by atoms with Crippen molar-refractivity contribution >= 4 is 23.2 Å². The molecule has 3 N–H and O–H groups in total. The van der Waals surface area contributed by atoms with E-state index in [9.17, 15) is 9.59 Å². The lowest BCUT2D eigenvalue weighted by Gasteiger charge is -2.32. The molecule has 0 saturated carbocycles. The number of nitrogens with one attached hydrogen (secondary N) is 1. The van der Waals surface area contributed by atoms with E-state index >= 15 is 0 Å². The molecule has 8 heteroatoms. The molecule has 2 aromatic heterocycles. The molecule has 0 spiro atoms. The summed E-state index contributed by atoms with van der Waals surface area (Å²) in [5, 5.41) is 9.70. The van der Waals surface area contributed by atoms with E-state index in [-0.39, 0.29) is 17.5 Å². The average molecular weight is 333 g/mol. The molecule has 0 aliphatic carbocycles. The minimum Gasteiger partial charge on any atom is -0.364 e. The van der Waals surface area contributed by atoms with Gasteiger partial charge in [-0.1, -0.05) is 0 Å². The fraction of sp³-hybridized carbons (Fsp3) is 0.467. The van der Waals surface area contributed by atoms with Gasteiger partial charge in [-0.3, -0.25) is 14.7 Å². The van der Waals surface area contributed by atoms with Crippen LogP contribution in [0.2, 0.25) is 0 Å². The van der Waals surface area contributed by atoms with E-state index in [0.29, 0.717) is 13.0 Å². The molecule has 7 nitrogen and oxygen atoms in total. The van der Waals surface area contributed by atoms with Crippen molar-refractivity contribution in [1.29, 1.82) is 0 Å². The minimum atomic E-state index is -0.546. The molecule has 1 atom stereocenters. The lowest BCUT2D eigenvalue weighted by Crippen LogP contribution is -2.40. The lowest BCUT2D eigenvalue weighted by molar-refractivity contribution is -0.131. The molecule has 3 rings (SSSR count). The molecule has 1 aliphatic rings. The highest BCUT2D eigenvalue weighted by Crippen LogP contribution is 2.26. The molecule has 23 heavy (non-hydrogen) atoms. The van der Waals surface area contributed by atoms with Gasteiger partial charge in [-0.2, -0.15) is 5.10 Å². The Morgan fingerprint density at radius 2 is 2.35 bits per heavy atom. The van der Waals surface area contributed by atoms with Gasteiger partial charge in [-0.15, -0.1) is 11.3 Å². The van der Waals surface area contributed by atoms with Gasteiger partial charge in [0.2, 0.25) is 5.91 Å². The summed E-state index contributed by atoms with van der Waals surface area (Å²) in [6.07, 6.45) is 2.23. The second kappa shape index (κ2) is 6.49. The normalized spacial score (nSPS) is 18.1. The number of nitrogens with two attached hydrogens (primary N) is 1. The van der Waals surface area contributed by atoms with Crippen molar-refractivity contribution in [1.82, 2.24) is 20.1 Å². The monoisotopic (exact) mass is 333 g/mol. The highest BCUT2D eigenvalue weighted by molar-refractivity contribution is 7.09. The van der Waals surface area contributed by atoms with Gasteiger partial charge >= 0.3 is 0 Å². The molecule has 0 bridgehead atoms. The molecular formula is C15H19N5O2S. The maximum atomic E-state index is 12.5. The summed E-state index contributed by atoms with van der Waals surface area (Å²) in [6.45, 7) is 3.32. The van der Waals surface area contributed by atoms with Crippen LogP contribution in [0.4, 0.5) is 0 Å². The summed E-state index contributed by atoms with van der Waals surface area (Å²) in [7, 11) is 0. The molecule has 2 amide bonds. The lowest BCUT2D eigenvalue weighted by atomic mass is 9.94. The van der Waals surface area contributed by atoms with Crippen molar-refractivity contribution in [3.63, 3.8) is 0 Å². The number of hydrogen-bond acceptors (Lipinski definition) is 5. The molecular weight excluding hydrogens is 314 g/mol. The predicted molar refractivity (Wildman–Crippen MR) is 86.2 cm³/mol. The van der Waals surface area contributed by atoms with Gasteiger partial charge in [-0.25, -0.2) is 4.98 Å². The van der Waals surface area contributed by atoms with Gasteiger partial charge in [0.25, 0.3) is 5.91 Å². The first-order valence-electron chi connectivity index (χ1n) is 7.57. The predicted octanol–water partition coefficient (Wildman–Crippen LogP) is 1.22. The molecule has 0 aromatic carbocycles. The van der Waals surface area contributed by atoms with Crippen molar-refractivity contribution < 1.29 is 9.59 Å². The van der Waals surface area contributed by atoms with Crippen LogP contribution in [0.5, 0.6) is 0 Å². The summed E-state index contributed by atoms with van der Waals surface area (Å²) < 4.78 is 0. The van der Waals surface area contributed by atoms with Gasteiger partial charge in [0.05, 0.1) is 17.1 Å². The van der Waals surface area contributed by atoms with E-state index in [0.717, 1.165) is 35.8 Å². The van der Waals surface area contributed by atoms with E-state index in [4.69, 9.17) is 5.73 Å². The van der Waals surface area contributed by atoms with E-state index in [1.54, 1.807) is 17.4 Å². The fourth-order valence-corrected chi connectivity index (χ4v) is 3.50. The number of likely N-dealkylation sites (tertiary alicyclic amines) is 1. The summed E-state index contributed by atoms with van der Waals surface area (Å²) in [4.78, 5) is 29.8. The first kappa shape index (κ1) is 15.7. The third kappa shape index (κ3) is 3.58. The zero-order chi connectivity index (χ0) is 16.4. The van der Waals surface area contributed by atoms with Crippen molar-refractivity contribution in [2.24, 2.45) is 5.73 Å². The number of carbonyl (C=O) groups is 2. The molecule has 2 aromatic rings. The first-order chi connectivity index (χ1) is 11.0. The molecule has 3 heterocycles. The first-order valence-corrected chi connectivity index (χ1v) is 8.45. The zero-order valence-corrected chi connectivity index (χ0v) is 13.7. The van der Waals surface area contributed by atoms with Crippen molar-refractivity contribution in [3.05, 3.63) is 33.5 Å². The standard InChI is InChI=1S/C15H19N5O2S/c1-9-17-11(8-23-9)5-14(21)20-4-2-3-10(7-20)12-6-13(15(16)22)19-18-12/h6,8,10H,2-5,7H2,1H3,(H2,16,22)(H,18,19)/t10-/m0/s1. The average Bonchev–Trinajstić information content (AvgIpc) is 3.17. The van der Waals surface area contributed by atoms with Crippen molar-refractivity contribution in [2.45, 2.75) is 32.1 Å². The number of aryl methyl sites for hydroxylation is 1. The Kier molecular flexibility index (Phi) is 4.42. The van der Waals surface area contributed by atoms with Crippen LogP contribution in [0.15, 0.2) is 11.4 Å². The number of thiazole rings is 1. The van der Waals surface area contributed by atoms with Crippen molar-refractivity contribution in [2.75, 3.05) is 13.1 Å². The van der Waals surface area contributed by atoms with Crippen LogP contribution >= 0.6 is 11.3 Å². The van der Waals surface area contributed by atoms with Crippen LogP contribution in [-0.2, 0) is 11.2 Å². The van der Waals surface area contributed by atoms with Gasteiger partial charge in [0, 0.05) is 30.1 Å². The van der Waals surface area contributed by atoms with Crippen LogP contribution in [0.1, 0.15) is 45.6 Å². The van der Waals surface area contributed by atoms with Crippen LogP contribution < -0.4 is 5.73 Å². The third-order valence-corrected chi connectivity index (χ3v) is 4.89. The van der Waals surface area contributed by atoms with Gasteiger partial charge in [-0.05, 0) is 25.8 Å². The second-order valence-electron chi connectivity index (χ2n) is 5.79. The van der Waals surface area contributed by atoms with Crippen LogP contribution in [0.3, 0.4) is 0 Å². The highest BCUT2D eigenvalue weighted by atomic mass is 32.1. The number of hydrogen-bond donors (Lipinski definition) is 2. The number of nitrogens with zero attached hydrogens (tertiary/aromatic N) is 3. The van der Waals surface area contributed by atoms with Crippen LogP contribution in [-0.4, -0.2) is 45.0 Å². The Morgan fingerprint density at radius 1 is 1.52 bits per heavy atom. The summed E-state index contributed by atoms with van der Waals surface area (Å²) >= 11 is 1.56. The van der Waals surface area contributed by atoms with Gasteiger partial charge in [0.15, 0.2) is 0 Å². The zero-order valence-electron chi connectivity index (χ0n) is 12.9. The largest absolute Gasteiger partial charge is 0.364 e. The number of piperidine rings is 1. The quantitative estimate of drug-likeness (QED) is 0.877. The Bertz CT molecular complexity index is 723. The Balaban J connectivity index is 1.65. The highest BCUT2D eigenvalue weighted by Gasteiger charge is 2.26. The second-order valence-corrected chi connectivity index (χ2v) is 6.85. The third-order valence-electron chi connectivity index (χ3n) is 4.06. The smallest absolute Gasteiger partial charge is 0.269 e. The topological polar surface area (TPSA) is 105 Å². The summed E-state index contributed by atoms with van der Waals surface area (Å²) in [6, 6.07) is 1.69. The Morgan fingerprint density at radius 3 is 3.00 bits per heavy atom. The van der Waals surface area contributed by atoms with Crippen LogP contribution in [0, 0.1) is 6.92 Å². The number of aromatic amines is 1. The summed E-state index contributed by atoms with van der Waals surface area (Å²) in [5.74, 6) is -0.296. The SMILES string of the molecule is Cc1nc(CC(=O)N2CCC[C@H](c3cc(C(N)=O)n[nH]3)C2)cs1. The molecule has 1 fully saturated rings. The summed E-state index contributed by atoms with van der Waals surface area (Å²) in [5.41, 5.74) is 7.16. The maximum absolute atomic E-state index is 12.5. The number of rotatable bonds is 4. The Labute approximate surface area is 137 Å². The molecule has 1 aliphatic heterocycles. The number of primary amides is 1. The van der Waals surface area contributed by atoms with Crippen molar-refractivity contribution in [3.8, 4) is 0 Å². The molecule has 0 unspecified atom stereocenters. The molecule has 0 radical (unpaired) electrons. The minimum absolute atomic E-state index is 0.0923. The number of H-pyrrole nitrogens is 1.